The van der Waals surface area contributed by atoms with Gasteiger partial charge in [-0.25, -0.2) is 4.79 Å². The summed E-state index contributed by atoms with van der Waals surface area (Å²) >= 11 is 0. The third-order valence-electron chi connectivity index (χ3n) is 3.53. The number of fused-ring (bicyclic) bond motifs is 1. The van der Waals surface area contributed by atoms with E-state index >= 15 is 0 Å². The molecule has 0 aliphatic carbocycles. The summed E-state index contributed by atoms with van der Waals surface area (Å²) in [6.07, 6.45) is 0.786. The third-order valence-corrected chi connectivity index (χ3v) is 3.53. The lowest BCUT2D eigenvalue weighted by Gasteiger charge is -2.27. The number of nitrogens with one attached hydrogen (secondary N) is 2. The lowest BCUT2D eigenvalue weighted by molar-refractivity contribution is 0.174. The Morgan fingerprint density at radius 2 is 2.05 bits per heavy atom. The van der Waals surface area contributed by atoms with Crippen molar-refractivity contribution >= 4 is 6.03 Å². The van der Waals surface area contributed by atoms with Gasteiger partial charge in [-0.2, -0.15) is 0 Å². The van der Waals surface area contributed by atoms with Crippen LogP contribution in [0.5, 0.6) is 11.5 Å². The van der Waals surface area contributed by atoms with Gasteiger partial charge in [0.15, 0.2) is 11.5 Å². The molecular formula is C14H19N3O3. The number of carbonyl (C=O) groups excluding carboxylic acids is 1. The van der Waals surface area contributed by atoms with Crippen molar-refractivity contribution in [1.29, 1.82) is 0 Å². The number of hydrogen-bond acceptors (Lipinski definition) is 4. The summed E-state index contributed by atoms with van der Waals surface area (Å²) in [5, 5.41) is 6.18. The van der Waals surface area contributed by atoms with Crippen molar-refractivity contribution in [3.05, 3.63) is 23.8 Å². The fourth-order valence-corrected chi connectivity index (χ4v) is 2.39. The summed E-state index contributed by atoms with van der Waals surface area (Å²) < 4.78 is 10.6. The van der Waals surface area contributed by atoms with E-state index < -0.39 is 0 Å². The maximum atomic E-state index is 11.9. The number of piperazine rings is 1. The molecule has 0 unspecified atom stereocenters. The smallest absolute Gasteiger partial charge is 0.317 e. The molecule has 0 atom stereocenters. The second-order valence-corrected chi connectivity index (χ2v) is 4.91. The molecule has 0 saturated carbocycles. The van der Waals surface area contributed by atoms with Crippen molar-refractivity contribution in [2.45, 2.75) is 6.42 Å². The topological polar surface area (TPSA) is 62.8 Å². The van der Waals surface area contributed by atoms with Crippen molar-refractivity contribution < 1.29 is 14.3 Å². The van der Waals surface area contributed by atoms with Gasteiger partial charge in [-0.15, -0.1) is 0 Å². The first-order chi connectivity index (χ1) is 9.83. The highest BCUT2D eigenvalue weighted by Crippen LogP contribution is 2.32. The molecule has 0 aromatic heterocycles. The molecule has 2 N–H and O–H groups in total. The standard InChI is InChI=1S/C14H19N3O3/c18-14(17-7-5-15-6-8-17)16-4-3-11-1-2-12-13(9-11)20-10-19-12/h1-2,9,15H,3-8,10H2,(H,16,18). The number of ether oxygens (including phenoxy) is 2. The molecule has 2 aliphatic rings. The van der Waals surface area contributed by atoms with E-state index in [1.54, 1.807) is 0 Å². The molecule has 0 spiro atoms. The van der Waals surface area contributed by atoms with Crippen LogP contribution in [0.15, 0.2) is 18.2 Å². The average Bonchev–Trinajstić information content (AvgIpc) is 2.95. The van der Waals surface area contributed by atoms with Crippen LogP contribution in [0.1, 0.15) is 5.56 Å². The molecule has 1 saturated heterocycles. The number of benzene rings is 1. The average molecular weight is 277 g/mol. The van der Waals surface area contributed by atoms with Gasteiger partial charge in [0.25, 0.3) is 0 Å². The van der Waals surface area contributed by atoms with Crippen LogP contribution in [0.2, 0.25) is 0 Å². The predicted molar refractivity (Wildman–Crippen MR) is 74.1 cm³/mol. The highest BCUT2D eigenvalue weighted by Gasteiger charge is 2.16. The summed E-state index contributed by atoms with van der Waals surface area (Å²) in [5.41, 5.74) is 1.13. The first-order valence-electron chi connectivity index (χ1n) is 6.95. The molecule has 2 heterocycles. The fraction of sp³-hybridized carbons (Fsp3) is 0.500. The Morgan fingerprint density at radius 3 is 2.90 bits per heavy atom. The van der Waals surface area contributed by atoms with Gasteiger partial charge in [0.2, 0.25) is 6.79 Å². The van der Waals surface area contributed by atoms with E-state index in [4.69, 9.17) is 9.47 Å². The zero-order valence-electron chi connectivity index (χ0n) is 11.4. The highest BCUT2D eigenvalue weighted by molar-refractivity contribution is 5.74. The fourth-order valence-electron chi connectivity index (χ4n) is 2.39. The summed E-state index contributed by atoms with van der Waals surface area (Å²) in [7, 11) is 0. The molecule has 3 rings (SSSR count). The largest absolute Gasteiger partial charge is 0.454 e. The van der Waals surface area contributed by atoms with Crippen LogP contribution < -0.4 is 20.1 Å². The van der Waals surface area contributed by atoms with Crippen LogP contribution in [-0.4, -0.2) is 50.4 Å². The van der Waals surface area contributed by atoms with Crippen molar-refractivity contribution in [3.63, 3.8) is 0 Å². The van der Waals surface area contributed by atoms with Gasteiger partial charge >= 0.3 is 6.03 Å². The Bertz CT molecular complexity index is 487. The molecule has 1 aromatic carbocycles. The highest BCUT2D eigenvalue weighted by atomic mass is 16.7. The Labute approximate surface area is 118 Å². The number of hydrogen-bond donors (Lipinski definition) is 2. The van der Waals surface area contributed by atoms with E-state index in [1.165, 1.54) is 0 Å². The predicted octanol–water partition coefficient (Wildman–Crippen LogP) is 0.573. The summed E-state index contributed by atoms with van der Waals surface area (Å²) in [6.45, 7) is 4.21. The van der Waals surface area contributed by atoms with Crippen LogP contribution in [0.4, 0.5) is 4.79 Å². The summed E-state index contributed by atoms with van der Waals surface area (Å²) in [6, 6.07) is 5.91. The second-order valence-electron chi connectivity index (χ2n) is 4.91. The van der Waals surface area contributed by atoms with Crippen molar-refractivity contribution in [2.75, 3.05) is 39.5 Å². The van der Waals surface area contributed by atoms with Gasteiger partial charge in [0.1, 0.15) is 0 Å². The van der Waals surface area contributed by atoms with Crippen LogP contribution in [0.3, 0.4) is 0 Å². The zero-order chi connectivity index (χ0) is 13.8. The molecule has 1 fully saturated rings. The summed E-state index contributed by atoms with van der Waals surface area (Å²) in [4.78, 5) is 13.8. The van der Waals surface area contributed by atoms with Gasteiger partial charge in [0, 0.05) is 32.7 Å². The van der Waals surface area contributed by atoms with Crippen molar-refractivity contribution in [2.24, 2.45) is 0 Å². The van der Waals surface area contributed by atoms with Crippen molar-refractivity contribution in [3.8, 4) is 11.5 Å². The number of amides is 2. The van der Waals surface area contributed by atoms with E-state index in [0.717, 1.165) is 49.7 Å². The van der Waals surface area contributed by atoms with Crippen LogP contribution in [0.25, 0.3) is 0 Å². The maximum absolute atomic E-state index is 11.9. The van der Waals surface area contributed by atoms with Crippen LogP contribution in [0, 0.1) is 0 Å². The van der Waals surface area contributed by atoms with Crippen molar-refractivity contribution in [1.82, 2.24) is 15.5 Å². The third kappa shape index (κ3) is 2.96. The number of rotatable bonds is 3. The van der Waals surface area contributed by atoms with E-state index in [1.807, 2.05) is 23.1 Å². The number of carbonyl (C=O) groups is 1. The second kappa shape index (κ2) is 6.00. The minimum absolute atomic E-state index is 0.0206. The van der Waals surface area contributed by atoms with Gasteiger partial charge in [-0.1, -0.05) is 6.07 Å². The van der Waals surface area contributed by atoms with Gasteiger partial charge in [0.05, 0.1) is 0 Å². The van der Waals surface area contributed by atoms with Gasteiger partial charge < -0.3 is 25.0 Å². The van der Waals surface area contributed by atoms with E-state index in [-0.39, 0.29) is 6.03 Å². The molecule has 6 nitrogen and oxygen atoms in total. The lowest BCUT2D eigenvalue weighted by atomic mass is 10.1. The van der Waals surface area contributed by atoms with E-state index in [0.29, 0.717) is 13.3 Å². The SMILES string of the molecule is O=C(NCCc1ccc2c(c1)OCO2)N1CCNCC1. The Balaban J connectivity index is 1.46. The monoisotopic (exact) mass is 277 g/mol. The molecule has 0 radical (unpaired) electrons. The molecule has 2 aliphatic heterocycles. The summed E-state index contributed by atoms with van der Waals surface area (Å²) in [5.74, 6) is 1.58. The Morgan fingerprint density at radius 1 is 1.25 bits per heavy atom. The minimum Gasteiger partial charge on any atom is -0.454 e. The maximum Gasteiger partial charge on any atom is 0.317 e. The van der Waals surface area contributed by atoms with Gasteiger partial charge in [-0.3, -0.25) is 0 Å². The molecule has 108 valence electrons. The number of urea groups is 1. The molecular weight excluding hydrogens is 258 g/mol. The molecule has 6 heteroatoms. The van der Waals surface area contributed by atoms with E-state index in [9.17, 15) is 4.79 Å². The molecule has 0 bridgehead atoms. The van der Waals surface area contributed by atoms with Gasteiger partial charge in [-0.05, 0) is 24.1 Å². The molecule has 20 heavy (non-hydrogen) atoms. The zero-order valence-corrected chi connectivity index (χ0v) is 11.4. The van der Waals surface area contributed by atoms with E-state index in [2.05, 4.69) is 10.6 Å². The Kier molecular flexibility index (Phi) is 3.92. The lowest BCUT2D eigenvalue weighted by Crippen LogP contribution is -2.50. The quantitative estimate of drug-likeness (QED) is 0.848. The number of nitrogens with zero attached hydrogens (tertiary/aromatic N) is 1. The van der Waals surface area contributed by atoms with Crippen LogP contribution >= 0.6 is 0 Å². The molecule has 2 amide bonds. The van der Waals surface area contributed by atoms with Crippen LogP contribution in [-0.2, 0) is 6.42 Å². The molecule has 1 aromatic rings. The first kappa shape index (κ1) is 13.1. The Hall–Kier alpha value is -1.95. The minimum atomic E-state index is 0.0206. The normalized spacial score (nSPS) is 17.1. The first-order valence-corrected chi connectivity index (χ1v) is 6.95.